The number of halogens is 1. The predicted molar refractivity (Wildman–Crippen MR) is 99.5 cm³/mol. The minimum atomic E-state index is -0.492. The molecule has 1 aromatic carbocycles. The third-order valence-corrected chi connectivity index (χ3v) is 5.24. The van der Waals surface area contributed by atoms with E-state index in [9.17, 15) is 14.0 Å². The molecule has 7 nitrogen and oxygen atoms in total. The van der Waals surface area contributed by atoms with Crippen LogP contribution in [0.2, 0.25) is 0 Å². The van der Waals surface area contributed by atoms with Crippen molar-refractivity contribution in [3.8, 4) is 5.75 Å². The highest BCUT2D eigenvalue weighted by Gasteiger charge is 2.27. The van der Waals surface area contributed by atoms with Gasteiger partial charge < -0.3 is 14.5 Å². The molecule has 3 heterocycles. The lowest BCUT2D eigenvalue weighted by Gasteiger charge is -2.34. The number of carbonyl (C=O) groups excluding carboxylic acids is 2. The molecule has 0 atom stereocenters. The molecule has 0 bridgehead atoms. The molecule has 2 amide bonds. The van der Waals surface area contributed by atoms with E-state index in [-0.39, 0.29) is 24.2 Å². The zero-order valence-electron chi connectivity index (χ0n) is 15.6. The maximum absolute atomic E-state index is 13.6. The van der Waals surface area contributed by atoms with Crippen molar-refractivity contribution in [3.05, 3.63) is 47.5 Å². The monoisotopic (exact) mass is 386 g/mol. The molecule has 4 rings (SSSR count). The summed E-state index contributed by atoms with van der Waals surface area (Å²) in [6, 6.07) is 7.89. The fourth-order valence-electron chi connectivity index (χ4n) is 3.64. The molecular weight excluding hydrogens is 363 g/mol. The van der Waals surface area contributed by atoms with Crippen molar-refractivity contribution < 1.29 is 18.7 Å². The second kappa shape index (κ2) is 8.00. The summed E-state index contributed by atoms with van der Waals surface area (Å²) in [4.78, 5) is 28.4. The number of hydrogen-bond acceptors (Lipinski definition) is 4. The number of benzene rings is 1. The van der Waals surface area contributed by atoms with Crippen LogP contribution in [0.1, 0.15) is 29.0 Å². The molecule has 1 aromatic heterocycles. The Hall–Kier alpha value is -2.90. The summed E-state index contributed by atoms with van der Waals surface area (Å²) >= 11 is 0. The Morgan fingerprint density at radius 2 is 1.79 bits per heavy atom. The van der Waals surface area contributed by atoms with Gasteiger partial charge in [-0.2, -0.15) is 5.10 Å². The van der Waals surface area contributed by atoms with E-state index >= 15 is 0 Å². The van der Waals surface area contributed by atoms with E-state index in [0.29, 0.717) is 31.9 Å². The summed E-state index contributed by atoms with van der Waals surface area (Å²) < 4.78 is 20.8. The van der Waals surface area contributed by atoms with Crippen LogP contribution in [0.15, 0.2) is 30.3 Å². The average molecular weight is 386 g/mol. The van der Waals surface area contributed by atoms with Gasteiger partial charge in [-0.15, -0.1) is 0 Å². The third kappa shape index (κ3) is 3.85. The van der Waals surface area contributed by atoms with Crippen molar-refractivity contribution in [2.75, 3.05) is 32.8 Å². The van der Waals surface area contributed by atoms with Crippen LogP contribution in [0.5, 0.6) is 5.75 Å². The Morgan fingerprint density at radius 1 is 1.04 bits per heavy atom. The van der Waals surface area contributed by atoms with Crippen molar-refractivity contribution in [2.24, 2.45) is 0 Å². The minimum Gasteiger partial charge on any atom is -0.481 e. The lowest BCUT2D eigenvalue weighted by Crippen LogP contribution is -2.51. The zero-order valence-corrected chi connectivity index (χ0v) is 15.6. The molecular formula is C20H23FN4O3. The van der Waals surface area contributed by atoms with Crippen LogP contribution < -0.4 is 4.74 Å². The van der Waals surface area contributed by atoms with E-state index in [1.54, 1.807) is 21.9 Å². The van der Waals surface area contributed by atoms with E-state index in [1.807, 2.05) is 10.7 Å². The first-order chi connectivity index (χ1) is 13.6. The fraction of sp³-hybridized carbons (Fsp3) is 0.450. The topological polar surface area (TPSA) is 67.7 Å². The SMILES string of the molecule is O=C(COc1ccccc1F)N1CCN(C(=O)c2cc3n(n2)CCCC3)CC1. The molecule has 0 aliphatic carbocycles. The lowest BCUT2D eigenvalue weighted by molar-refractivity contribution is -0.134. The van der Waals surface area contributed by atoms with Crippen LogP contribution in [0.25, 0.3) is 0 Å². The minimum absolute atomic E-state index is 0.0633. The maximum atomic E-state index is 13.6. The van der Waals surface area contributed by atoms with E-state index in [4.69, 9.17) is 4.74 Å². The van der Waals surface area contributed by atoms with Gasteiger partial charge in [0.2, 0.25) is 0 Å². The Kier molecular flexibility index (Phi) is 5.27. The number of piperazine rings is 1. The number of nitrogens with zero attached hydrogens (tertiary/aromatic N) is 4. The zero-order chi connectivity index (χ0) is 19.5. The number of aromatic nitrogens is 2. The van der Waals surface area contributed by atoms with Gasteiger partial charge in [0.25, 0.3) is 11.8 Å². The van der Waals surface area contributed by atoms with Crippen molar-refractivity contribution in [1.82, 2.24) is 19.6 Å². The van der Waals surface area contributed by atoms with Crippen molar-refractivity contribution >= 4 is 11.8 Å². The molecule has 0 unspecified atom stereocenters. The van der Waals surface area contributed by atoms with Gasteiger partial charge in [0.15, 0.2) is 23.9 Å². The van der Waals surface area contributed by atoms with Gasteiger partial charge in [0.05, 0.1) is 0 Å². The first-order valence-corrected chi connectivity index (χ1v) is 9.63. The van der Waals surface area contributed by atoms with Gasteiger partial charge in [0.1, 0.15) is 0 Å². The van der Waals surface area contributed by atoms with Crippen molar-refractivity contribution in [1.29, 1.82) is 0 Å². The fourth-order valence-corrected chi connectivity index (χ4v) is 3.64. The summed E-state index contributed by atoms with van der Waals surface area (Å²) in [5.41, 5.74) is 1.60. The molecule has 2 aromatic rings. The Labute approximate surface area is 162 Å². The Bertz CT molecular complexity index is 851. The van der Waals surface area contributed by atoms with Crippen LogP contribution in [0.4, 0.5) is 4.39 Å². The average Bonchev–Trinajstić information content (AvgIpc) is 3.17. The number of rotatable bonds is 4. The Balaban J connectivity index is 1.29. The van der Waals surface area contributed by atoms with Gasteiger partial charge in [-0.1, -0.05) is 12.1 Å². The molecule has 1 fully saturated rings. The largest absolute Gasteiger partial charge is 0.481 e. The smallest absolute Gasteiger partial charge is 0.274 e. The highest BCUT2D eigenvalue weighted by atomic mass is 19.1. The number of para-hydroxylation sites is 1. The molecule has 0 saturated carbocycles. The van der Waals surface area contributed by atoms with Crippen LogP contribution >= 0.6 is 0 Å². The predicted octanol–water partition coefficient (Wildman–Crippen LogP) is 1.72. The summed E-state index contributed by atoms with van der Waals surface area (Å²) in [5, 5.41) is 4.44. The van der Waals surface area contributed by atoms with Crippen LogP contribution in [0.3, 0.4) is 0 Å². The van der Waals surface area contributed by atoms with E-state index in [2.05, 4.69) is 5.10 Å². The molecule has 0 radical (unpaired) electrons. The number of fused-ring (bicyclic) bond motifs is 1. The molecule has 28 heavy (non-hydrogen) atoms. The van der Waals surface area contributed by atoms with Gasteiger partial charge >= 0.3 is 0 Å². The standard InChI is InChI=1S/C20H23FN4O3/c21-16-6-1-2-7-18(16)28-14-19(26)23-9-11-24(12-10-23)20(27)17-13-15-5-3-4-8-25(15)22-17/h1-2,6-7,13H,3-5,8-12,14H2. The number of ether oxygens (including phenoxy) is 1. The highest BCUT2D eigenvalue weighted by molar-refractivity contribution is 5.92. The van der Waals surface area contributed by atoms with Gasteiger partial charge in [-0.3, -0.25) is 14.3 Å². The molecule has 1 saturated heterocycles. The second-order valence-electron chi connectivity index (χ2n) is 7.09. The van der Waals surface area contributed by atoms with Crippen LogP contribution in [-0.4, -0.2) is 64.2 Å². The maximum Gasteiger partial charge on any atom is 0.274 e. The molecule has 0 spiro atoms. The third-order valence-electron chi connectivity index (χ3n) is 5.24. The number of hydrogen-bond donors (Lipinski definition) is 0. The van der Waals surface area contributed by atoms with Crippen LogP contribution in [0, 0.1) is 5.82 Å². The van der Waals surface area contributed by atoms with Crippen molar-refractivity contribution in [3.63, 3.8) is 0 Å². The number of carbonyl (C=O) groups is 2. The molecule has 2 aliphatic rings. The molecule has 148 valence electrons. The molecule has 0 N–H and O–H groups in total. The first-order valence-electron chi connectivity index (χ1n) is 9.63. The summed E-state index contributed by atoms with van der Waals surface area (Å²) in [5.74, 6) is -0.730. The van der Waals surface area contributed by atoms with Gasteiger partial charge in [0, 0.05) is 38.4 Å². The van der Waals surface area contributed by atoms with Crippen LogP contribution in [-0.2, 0) is 17.8 Å². The first kappa shape index (κ1) is 18.5. The number of aryl methyl sites for hydroxylation is 2. The summed E-state index contributed by atoms with van der Waals surface area (Å²) in [7, 11) is 0. The van der Waals surface area contributed by atoms with E-state index in [0.717, 1.165) is 31.5 Å². The summed E-state index contributed by atoms with van der Waals surface area (Å²) in [6.07, 6.45) is 3.19. The quantitative estimate of drug-likeness (QED) is 0.803. The highest BCUT2D eigenvalue weighted by Crippen LogP contribution is 2.18. The van der Waals surface area contributed by atoms with E-state index < -0.39 is 5.82 Å². The summed E-state index contributed by atoms with van der Waals surface area (Å²) in [6.45, 7) is 2.41. The van der Waals surface area contributed by atoms with E-state index in [1.165, 1.54) is 12.1 Å². The van der Waals surface area contributed by atoms with Gasteiger partial charge in [-0.05, 0) is 37.5 Å². The molecule has 8 heteroatoms. The normalized spacial score (nSPS) is 16.6. The van der Waals surface area contributed by atoms with Crippen molar-refractivity contribution in [2.45, 2.75) is 25.8 Å². The number of amides is 2. The van der Waals surface area contributed by atoms with Gasteiger partial charge in [-0.25, -0.2) is 4.39 Å². The molecule has 2 aliphatic heterocycles. The Morgan fingerprint density at radius 3 is 2.54 bits per heavy atom. The lowest BCUT2D eigenvalue weighted by atomic mass is 10.1. The second-order valence-corrected chi connectivity index (χ2v) is 7.09.